The van der Waals surface area contributed by atoms with E-state index in [1.807, 2.05) is 20.2 Å². The van der Waals surface area contributed by atoms with Gasteiger partial charge in [-0.15, -0.1) is 0 Å². The van der Waals surface area contributed by atoms with E-state index in [1.54, 1.807) is 6.20 Å². The van der Waals surface area contributed by atoms with Gasteiger partial charge in [0.2, 0.25) is 0 Å². The largest absolute Gasteiger partial charge is 0.378 e. The number of hydrogen-bond donors (Lipinski definition) is 2. The highest BCUT2D eigenvalue weighted by molar-refractivity contribution is 5.57. The predicted molar refractivity (Wildman–Crippen MR) is 71.4 cm³/mol. The summed E-state index contributed by atoms with van der Waals surface area (Å²) in [5.41, 5.74) is 3.38. The molecule has 1 unspecified atom stereocenters. The van der Waals surface area contributed by atoms with Crippen molar-refractivity contribution in [1.29, 1.82) is 0 Å². The molecule has 0 saturated heterocycles. The summed E-state index contributed by atoms with van der Waals surface area (Å²) < 4.78 is 0. The molecule has 0 aliphatic rings. The van der Waals surface area contributed by atoms with Crippen molar-refractivity contribution < 1.29 is 0 Å². The fraction of sp³-hybridized carbons (Fsp3) is 0.308. The standard InChI is InChI=1S/C13H18N4/c1-10(13-7-8-14-16-13)15-11-5-4-6-12(9-11)17(2)3/h4-10,15H,1-3H3,(H,14,16). The summed E-state index contributed by atoms with van der Waals surface area (Å²) in [6.07, 6.45) is 1.77. The lowest BCUT2D eigenvalue weighted by Crippen LogP contribution is -2.10. The molecule has 90 valence electrons. The van der Waals surface area contributed by atoms with E-state index in [0.717, 1.165) is 11.4 Å². The number of nitrogens with zero attached hydrogens (tertiary/aromatic N) is 2. The molecule has 17 heavy (non-hydrogen) atoms. The number of hydrogen-bond acceptors (Lipinski definition) is 3. The zero-order chi connectivity index (χ0) is 12.3. The van der Waals surface area contributed by atoms with Crippen LogP contribution in [-0.2, 0) is 0 Å². The molecule has 0 saturated carbocycles. The van der Waals surface area contributed by atoms with Gasteiger partial charge >= 0.3 is 0 Å². The molecule has 4 heteroatoms. The van der Waals surface area contributed by atoms with E-state index in [9.17, 15) is 0 Å². The number of anilines is 2. The summed E-state index contributed by atoms with van der Waals surface area (Å²) in [6, 6.07) is 10.5. The maximum atomic E-state index is 3.96. The maximum absolute atomic E-state index is 3.96. The summed E-state index contributed by atoms with van der Waals surface area (Å²) in [5, 5.41) is 10.4. The second-order valence-corrected chi connectivity index (χ2v) is 4.32. The lowest BCUT2D eigenvalue weighted by Gasteiger charge is -2.17. The quantitative estimate of drug-likeness (QED) is 0.848. The van der Waals surface area contributed by atoms with Crippen molar-refractivity contribution in [2.24, 2.45) is 0 Å². The highest BCUT2D eigenvalue weighted by atomic mass is 15.1. The number of aromatic nitrogens is 2. The third-order valence-electron chi connectivity index (χ3n) is 2.73. The van der Waals surface area contributed by atoms with E-state index < -0.39 is 0 Å². The van der Waals surface area contributed by atoms with Crippen LogP contribution in [0.4, 0.5) is 11.4 Å². The molecule has 0 bridgehead atoms. The molecule has 2 rings (SSSR count). The van der Waals surface area contributed by atoms with Gasteiger partial charge in [0.15, 0.2) is 0 Å². The third-order valence-corrected chi connectivity index (χ3v) is 2.73. The van der Waals surface area contributed by atoms with E-state index in [4.69, 9.17) is 0 Å². The Hall–Kier alpha value is -1.97. The lowest BCUT2D eigenvalue weighted by molar-refractivity contribution is 0.825. The van der Waals surface area contributed by atoms with Crippen LogP contribution >= 0.6 is 0 Å². The number of aromatic amines is 1. The molecule has 1 atom stereocenters. The zero-order valence-corrected chi connectivity index (χ0v) is 10.4. The number of rotatable bonds is 4. The van der Waals surface area contributed by atoms with Gasteiger partial charge in [-0.2, -0.15) is 5.10 Å². The van der Waals surface area contributed by atoms with Crippen LogP contribution in [0.2, 0.25) is 0 Å². The predicted octanol–water partition coefficient (Wildman–Crippen LogP) is 2.65. The Kier molecular flexibility index (Phi) is 3.32. The van der Waals surface area contributed by atoms with E-state index in [2.05, 4.69) is 51.6 Å². The second-order valence-electron chi connectivity index (χ2n) is 4.32. The van der Waals surface area contributed by atoms with Crippen molar-refractivity contribution in [3.05, 3.63) is 42.2 Å². The summed E-state index contributed by atoms with van der Waals surface area (Å²) in [5.74, 6) is 0. The van der Waals surface area contributed by atoms with Crippen molar-refractivity contribution in [2.45, 2.75) is 13.0 Å². The summed E-state index contributed by atoms with van der Waals surface area (Å²) in [7, 11) is 4.08. The van der Waals surface area contributed by atoms with Crippen molar-refractivity contribution in [3.63, 3.8) is 0 Å². The van der Waals surface area contributed by atoms with Gasteiger partial charge in [0.1, 0.15) is 0 Å². The molecule has 0 amide bonds. The van der Waals surface area contributed by atoms with Crippen LogP contribution in [0, 0.1) is 0 Å². The van der Waals surface area contributed by atoms with Gasteiger partial charge < -0.3 is 10.2 Å². The Balaban J connectivity index is 2.11. The average Bonchev–Trinajstić information content (AvgIpc) is 2.82. The van der Waals surface area contributed by atoms with Crippen molar-refractivity contribution >= 4 is 11.4 Å². The van der Waals surface area contributed by atoms with Gasteiger partial charge in [-0.1, -0.05) is 6.07 Å². The number of nitrogens with one attached hydrogen (secondary N) is 2. The molecule has 1 heterocycles. The van der Waals surface area contributed by atoms with E-state index in [-0.39, 0.29) is 6.04 Å². The summed E-state index contributed by atoms with van der Waals surface area (Å²) >= 11 is 0. The molecule has 1 aromatic heterocycles. The normalized spacial score (nSPS) is 12.2. The highest BCUT2D eigenvalue weighted by Crippen LogP contribution is 2.21. The van der Waals surface area contributed by atoms with Gasteiger partial charge in [-0.3, -0.25) is 5.10 Å². The summed E-state index contributed by atoms with van der Waals surface area (Å²) in [4.78, 5) is 2.09. The smallest absolute Gasteiger partial charge is 0.0651 e. The second kappa shape index (κ2) is 4.91. The molecule has 4 nitrogen and oxygen atoms in total. The number of H-pyrrole nitrogens is 1. The minimum absolute atomic E-state index is 0.218. The van der Waals surface area contributed by atoms with Crippen LogP contribution in [0.15, 0.2) is 36.5 Å². The Morgan fingerprint density at radius 3 is 2.76 bits per heavy atom. The number of benzene rings is 1. The van der Waals surface area contributed by atoms with E-state index in [0.29, 0.717) is 0 Å². The van der Waals surface area contributed by atoms with Gasteiger partial charge in [0.25, 0.3) is 0 Å². The van der Waals surface area contributed by atoms with Crippen LogP contribution < -0.4 is 10.2 Å². The van der Waals surface area contributed by atoms with Gasteiger partial charge in [-0.05, 0) is 31.2 Å². The molecular weight excluding hydrogens is 212 g/mol. The van der Waals surface area contributed by atoms with Gasteiger partial charge in [-0.25, -0.2) is 0 Å². The third kappa shape index (κ3) is 2.78. The van der Waals surface area contributed by atoms with Gasteiger partial charge in [0, 0.05) is 31.7 Å². The summed E-state index contributed by atoms with van der Waals surface area (Å²) in [6.45, 7) is 2.11. The first-order valence-electron chi connectivity index (χ1n) is 5.70. The zero-order valence-electron chi connectivity index (χ0n) is 10.4. The van der Waals surface area contributed by atoms with Gasteiger partial charge in [0.05, 0.1) is 11.7 Å². The minimum Gasteiger partial charge on any atom is -0.378 e. The molecule has 0 aliphatic heterocycles. The molecule has 0 spiro atoms. The Labute approximate surface area is 102 Å². The molecule has 0 fully saturated rings. The molecule has 1 aromatic carbocycles. The topological polar surface area (TPSA) is 44.0 Å². The highest BCUT2D eigenvalue weighted by Gasteiger charge is 2.06. The fourth-order valence-corrected chi connectivity index (χ4v) is 1.71. The van der Waals surface area contributed by atoms with E-state index in [1.165, 1.54) is 5.69 Å². The first-order valence-corrected chi connectivity index (χ1v) is 5.70. The van der Waals surface area contributed by atoms with Crippen LogP contribution in [0.3, 0.4) is 0 Å². The average molecular weight is 230 g/mol. The van der Waals surface area contributed by atoms with Crippen LogP contribution in [-0.4, -0.2) is 24.3 Å². The van der Waals surface area contributed by atoms with Crippen LogP contribution in [0.1, 0.15) is 18.7 Å². The van der Waals surface area contributed by atoms with Crippen molar-refractivity contribution in [1.82, 2.24) is 10.2 Å². The SMILES string of the molecule is CC(Nc1cccc(N(C)C)c1)c1ccn[nH]1. The van der Waals surface area contributed by atoms with Crippen molar-refractivity contribution in [2.75, 3.05) is 24.3 Å². The molecular formula is C13H18N4. The van der Waals surface area contributed by atoms with Crippen LogP contribution in [0.5, 0.6) is 0 Å². The Morgan fingerprint density at radius 2 is 2.12 bits per heavy atom. The first kappa shape index (κ1) is 11.5. The monoisotopic (exact) mass is 230 g/mol. The molecule has 0 aliphatic carbocycles. The fourth-order valence-electron chi connectivity index (χ4n) is 1.71. The molecule has 2 aromatic rings. The van der Waals surface area contributed by atoms with Crippen molar-refractivity contribution in [3.8, 4) is 0 Å². The first-order chi connectivity index (χ1) is 8.16. The Morgan fingerprint density at radius 1 is 1.29 bits per heavy atom. The molecule has 0 radical (unpaired) electrons. The minimum atomic E-state index is 0.218. The van der Waals surface area contributed by atoms with Crippen LogP contribution in [0.25, 0.3) is 0 Å². The Bertz CT molecular complexity index is 462. The van der Waals surface area contributed by atoms with E-state index >= 15 is 0 Å². The lowest BCUT2D eigenvalue weighted by atomic mass is 10.2. The molecule has 2 N–H and O–H groups in total. The maximum Gasteiger partial charge on any atom is 0.0651 e.